The van der Waals surface area contributed by atoms with Gasteiger partial charge in [-0.2, -0.15) is 5.10 Å². The van der Waals surface area contributed by atoms with E-state index in [-0.39, 0.29) is 5.91 Å². The number of carbonyl (C=O) groups excluding carboxylic acids is 1. The minimum atomic E-state index is -0.181. The molecule has 0 radical (unpaired) electrons. The quantitative estimate of drug-likeness (QED) is 0.858. The molecule has 1 N–H and O–H groups in total. The Bertz CT molecular complexity index is 538. The lowest BCUT2D eigenvalue weighted by atomic mass is 10.2. The highest BCUT2D eigenvalue weighted by Gasteiger charge is 2.10. The number of rotatable bonds is 2. The maximum atomic E-state index is 11.9. The fourth-order valence-electron chi connectivity index (χ4n) is 1.59. The first kappa shape index (κ1) is 11.4. The zero-order valence-corrected chi connectivity index (χ0v) is 10.2. The SMILES string of the molecule is Cc1cccc(NC(=O)c2cc(C)n(C)n2)c1. The fourth-order valence-corrected chi connectivity index (χ4v) is 1.59. The van der Waals surface area contributed by atoms with E-state index in [9.17, 15) is 4.79 Å². The number of anilines is 1. The Labute approximate surface area is 100 Å². The van der Waals surface area contributed by atoms with Crippen molar-refractivity contribution in [3.8, 4) is 0 Å². The molecule has 1 aromatic heterocycles. The van der Waals surface area contributed by atoms with Gasteiger partial charge in [0.05, 0.1) is 0 Å². The molecule has 0 fully saturated rings. The van der Waals surface area contributed by atoms with E-state index in [0.29, 0.717) is 5.69 Å². The zero-order valence-electron chi connectivity index (χ0n) is 10.2. The van der Waals surface area contributed by atoms with Gasteiger partial charge in [0, 0.05) is 18.4 Å². The van der Waals surface area contributed by atoms with Gasteiger partial charge in [-0.05, 0) is 37.6 Å². The highest BCUT2D eigenvalue weighted by molar-refractivity contribution is 6.02. The van der Waals surface area contributed by atoms with Crippen LogP contribution in [-0.4, -0.2) is 15.7 Å². The minimum absolute atomic E-state index is 0.181. The van der Waals surface area contributed by atoms with Crippen molar-refractivity contribution < 1.29 is 4.79 Å². The first-order chi connectivity index (χ1) is 8.06. The largest absolute Gasteiger partial charge is 0.321 e. The molecule has 4 nitrogen and oxygen atoms in total. The Morgan fingerprint density at radius 3 is 2.65 bits per heavy atom. The Hall–Kier alpha value is -2.10. The Kier molecular flexibility index (Phi) is 2.95. The molecule has 1 heterocycles. The summed E-state index contributed by atoms with van der Waals surface area (Å²) in [5.41, 5.74) is 3.30. The summed E-state index contributed by atoms with van der Waals surface area (Å²) < 4.78 is 1.69. The molecule has 0 atom stereocenters. The molecule has 0 spiro atoms. The van der Waals surface area contributed by atoms with Crippen molar-refractivity contribution >= 4 is 11.6 Å². The van der Waals surface area contributed by atoms with Crippen molar-refractivity contribution in [1.82, 2.24) is 9.78 Å². The smallest absolute Gasteiger partial charge is 0.276 e. The molecule has 0 unspecified atom stereocenters. The van der Waals surface area contributed by atoms with Crippen LogP contribution in [0.5, 0.6) is 0 Å². The zero-order chi connectivity index (χ0) is 12.4. The van der Waals surface area contributed by atoms with Gasteiger partial charge in [0.1, 0.15) is 0 Å². The summed E-state index contributed by atoms with van der Waals surface area (Å²) >= 11 is 0. The Balaban J connectivity index is 2.17. The fraction of sp³-hybridized carbons (Fsp3) is 0.231. The van der Waals surface area contributed by atoms with E-state index < -0.39 is 0 Å². The number of aryl methyl sites for hydroxylation is 3. The van der Waals surface area contributed by atoms with Crippen LogP contribution in [0.15, 0.2) is 30.3 Å². The van der Waals surface area contributed by atoms with Crippen LogP contribution in [-0.2, 0) is 7.05 Å². The molecule has 1 aromatic carbocycles. The Morgan fingerprint density at radius 1 is 1.29 bits per heavy atom. The summed E-state index contributed by atoms with van der Waals surface area (Å²) in [6.07, 6.45) is 0. The maximum absolute atomic E-state index is 11.9. The van der Waals surface area contributed by atoms with Crippen molar-refractivity contribution in [2.45, 2.75) is 13.8 Å². The molecule has 88 valence electrons. The number of aromatic nitrogens is 2. The molecule has 4 heteroatoms. The van der Waals surface area contributed by atoms with Gasteiger partial charge in [-0.25, -0.2) is 0 Å². The van der Waals surface area contributed by atoms with Crippen molar-refractivity contribution in [1.29, 1.82) is 0 Å². The lowest BCUT2D eigenvalue weighted by Gasteiger charge is -2.03. The first-order valence-electron chi connectivity index (χ1n) is 5.45. The lowest BCUT2D eigenvalue weighted by Crippen LogP contribution is -2.13. The Morgan fingerprint density at radius 2 is 2.06 bits per heavy atom. The normalized spacial score (nSPS) is 10.3. The number of hydrogen-bond acceptors (Lipinski definition) is 2. The van der Waals surface area contributed by atoms with E-state index in [1.165, 1.54) is 0 Å². The van der Waals surface area contributed by atoms with Gasteiger partial charge in [0.2, 0.25) is 0 Å². The monoisotopic (exact) mass is 229 g/mol. The second kappa shape index (κ2) is 4.41. The van der Waals surface area contributed by atoms with E-state index in [2.05, 4.69) is 10.4 Å². The van der Waals surface area contributed by atoms with Gasteiger partial charge in [-0.3, -0.25) is 9.48 Å². The second-order valence-corrected chi connectivity index (χ2v) is 4.12. The van der Waals surface area contributed by atoms with Gasteiger partial charge in [-0.15, -0.1) is 0 Å². The maximum Gasteiger partial charge on any atom is 0.276 e. The third-order valence-electron chi connectivity index (χ3n) is 2.62. The number of nitrogens with one attached hydrogen (secondary N) is 1. The highest BCUT2D eigenvalue weighted by Crippen LogP contribution is 2.11. The lowest BCUT2D eigenvalue weighted by molar-refractivity contribution is 0.102. The predicted octanol–water partition coefficient (Wildman–Crippen LogP) is 2.29. The van der Waals surface area contributed by atoms with Gasteiger partial charge in [0.15, 0.2) is 5.69 Å². The van der Waals surface area contributed by atoms with Gasteiger partial charge >= 0.3 is 0 Å². The van der Waals surface area contributed by atoms with E-state index in [1.807, 2.05) is 45.2 Å². The van der Waals surface area contributed by atoms with Crippen LogP contribution >= 0.6 is 0 Å². The number of amides is 1. The molecule has 0 saturated carbocycles. The van der Waals surface area contributed by atoms with Crippen LogP contribution in [0, 0.1) is 13.8 Å². The molecule has 17 heavy (non-hydrogen) atoms. The average Bonchev–Trinajstić information content (AvgIpc) is 2.59. The topological polar surface area (TPSA) is 46.9 Å². The third-order valence-corrected chi connectivity index (χ3v) is 2.62. The van der Waals surface area contributed by atoms with Crippen LogP contribution in [0.2, 0.25) is 0 Å². The molecule has 0 aliphatic rings. The minimum Gasteiger partial charge on any atom is -0.321 e. The summed E-state index contributed by atoms with van der Waals surface area (Å²) in [5, 5.41) is 6.96. The summed E-state index contributed by atoms with van der Waals surface area (Å²) in [6.45, 7) is 3.90. The molecule has 2 aromatic rings. The molecule has 1 amide bonds. The van der Waals surface area contributed by atoms with Crippen LogP contribution in [0.4, 0.5) is 5.69 Å². The van der Waals surface area contributed by atoms with Crippen molar-refractivity contribution in [2.24, 2.45) is 7.05 Å². The first-order valence-corrected chi connectivity index (χ1v) is 5.45. The van der Waals surface area contributed by atoms with E-state index in [4.69, 9.17) is 0 Å². The summed E-state index contributed by atoms with van der Waals surface area (Å²) in [4.78, 5) is 11.9. The molecule has 2 rings (SSSR count). The van der Waals surface area contributed by atoms with Crippen LogP contribution < -0.4 is 5.32 Å². The van der Waals surface area contributed by atoms with Crippen molar-refractivity contribution in [3.63, 3.8) is 0 Å². The molecular weight excluding hydrogens is 214 g/mol. The molecule has 0 aliphatic carbocycles. The molecule has 0 aliphatic heterocycles. The molecule has 0 saturated heterocycles. The van der Waals surface area contributed by atoms with E-state index in [1.54, 1.807) is 10.7 Å². The van der Waals surface area contributed by atoms with Crippen molar-refractivity contribution in [2.75, 3.05) is 5.32 Å². The average molecular weight is 229 g/mol. The van der Waals surface area contributed by atoms with Crippen LogP contribution in [0.1, 0.15) is 21.7 Å². The van der Waals surface area contributed by atoms with Gasteiger partial charge in [0.25, 0.3) is 5.91 Å². The van der Waals surface area contributed by atoms with Crippen molar-refractivity contribution in [3.05, 3.63) is 47.3 Å². The third kappa shape index (κ3) is 2.53. The van der Waals surface area contributed by atoms with E-state index in [0.717, 1.165) is 16.9 Å². The summed E-state index contributed by atoms with van der Waals surface area (Å²) in [7, 11) is 1.82. The molecule has 0 bridgehead atoms. The van der Waals surface area contributed by atoms with Gasteiger partial charge < -0.3 is 5.32 Å². The van der Waals surface area contributed by atoms with Crippen LogP contribution in [0.25, 0.3) is 0 Å². The second-order valence-electron chi connectivity index (χ2n) is 4.12. The number of hydrogen-bond donors (Lipinski definition) is 1. The predicted molar refractivity (Wildman–Crippen MR) is 67.1 cm³/mol. The summed E-state index contributed by atoms with van der Waals surface area (Å²) in [5.74, 6) is -0.181. The number of nitrogens with zero attached hydrogens (tertiary/aromatic N) is 2. The summed E-state index contributed by atoms with van der Waals surface area (Å²) in [6, 6.07) is 9.45. The number of benzene rings is 1. The standard InChI is InChI=1S/C13H15N3O/c1-9-5-4-6-11(7-9)14-13(17)12-8-10(2)16(3)15-12/h4-8H,1-3H3,(H,14,17). The number of carbonyl (C=O) groups is 1. The van der Waals surface area contributed by atoms with E-state index >= 15 is 0 Å². The van der Waals surface area contributed by atoms with Gasteiger partial charge in [-0.1, -0.05) is 12.1 Å². The highest BCUT2D eigenvalue weighted by atomic mass is 16.1. The van der Waals surface area contributed by atoms with Crippen LogP contribution in [0.3, 0.4) is 0 Å². The molecular formula is C13H15N3O.